The monoisotopic (exact) mass is 273 g/mol. The first kappa shape index (κ1) is 14.4. The molecule has 0 saturated heterocycles. The molecular formula is C16H23N3O. The Morgan fingerprint density at radius 3 is 2.65 bits per heavy atom. The van der Waals surface area contributed by atoms with E-state index in [1.807, 2.05) is 25.1 Å². The first-order chi connectivity index (χ1) is 9.52. The maximum absolute atomic E-state index is 5.25. The quantitative estimate of drug-likeness (QED) is 0.902. The van der Waals surface area contributed by atoms with Gasteiger partial charge in [0.1, 0.15) is 5.75 Å². The largest absolute Gasteiger partial charge is 0.497 e. The number of nitrogens with zero attached hydrogens (tertiary/aromatic N) is 2. The van der Waals surface area contributed by atoms with Crippen molar-refractivity contribution in [2.45, 2.75) is 40.3 Å². The molecule has 20 heavy (non-hydrogen) atoms. The summed E-state index contributed by atoms with van der Waals surface area (Å²) in [5.74, 6) is 0.885. The Labute approximate surface area is 120 Å². The molecule has 0 fully saturated rings. The van der Waals surface area contributed by atoms with Crippen molar-refractivity contribution in [1.29, 1.82) is 0 Å². The smallest absolute Gasteiger partial charge is 0.119 e. The predicted octanol–water partition coefficient (Wildman–Crippen LogP) is 3.70. The lowest BCUT2D eigenvalue weighted by Gasteiger charge is -2.10. The van der Waals surface area contributed by atoms with Gasteiger partial charge in [0, 0.05) is 12.6 Å². The van der Waals surface area contributed by atoms with E-state index in [1.165, 1.54) is 11.3 Å². The highest BCUT2D eigenvalue weighted by molar-refractivity contribution is 5.52. The van der Waals surface area contributed by atoms with Crippen LogP contribution in [0.4, 0.5) is 5.69 Å². The minimum atomic E-state index is 0.376. The van der Waals surface area contributed by atoms with E-state index in [1.54, 1.807) is 7.11 Å². The highest BCUT2D eigenvalue weighted by Gasteiger charge is 2.12. The molecule has 0 saturated carbocycles. The fourth-order valence-corrected chi connectivity index (χ4v) is 2.39. The van der Waals surface area contributed by atoms with Crippen LogP contribution in [0.3, 0.4) is 0 Å². The summed E-state index contributed by atoms with van der Waals surface area (Å²) in [4.78, 5) is 0. The molecule has 2 aromatic rings. The Morgan fingerprint density at radius 1 is 1.30 bits per heavy atom. The summed E-state index contributed by atoms with van der Waals surface area (Å²) in [7, 11) is 1.69. The van der Waals surface area contributed by atoms with Crippen LogP contribution in [0, 0.1) is 13.8 Å². The standard InChI is InChI=1S/C16H23N3O/c1-11(2)19-13(4)16(12(3)18-19)17-10-14-7-6-8-15(9-14)20-5/h6-9,11,17H,10H2,1-5H3. The molecule has 0 spiro atoms. The molecule has 0 aliphatic heterocycles. The van der Waals surface area contributed by atoms with E-state index in [-0.39, 0.29) is 0 Å². The highest BCUT2D eigenvalue weighted by Crippen LogP contribution is 2.23. The fourth-order valence-electron chi connectivity index (χ4n) is 2.39. The number of hydrogen-bond donors (Lipinski definition) is 1. The molecule has 0 amide bonds. The average Bonchev–Trinajstić information content (AvgIpc) is 2.72. The SMILES string of the molecule is COc1cccc(CNc2c(C)nn(C(C)C)c2C)c1. The molecule has 0 unspecified atom stereocenters. The first-order valence-electron chi connectivity index (χ1n) is 6.95. The van der Waals surface area contributed by atoms with Gasteiger partial charge in [-0.15, -0.1) is 0 Å². The molecule has 0 aliphatic rings. The number of ether oxygens (including phenoxy) is 1. The van der Waals surface area contributed by atoms with Crippen LogP contribution >= 0.6 is 0 Å². The number of aryl methyl sites for hydroxylation is 1. The average molecular weight is 273 g/mol. The third kappa shape index (κ3) is 2.95. The number of rotatable bonds is 5. The number of anilines is 1. The van der Waals surface area contributed by atoms with Crippen LogP contribution in [-0.2, 0) is 6.54 Å². The van der Waals surface area contributed by atoms with Gasteiger partial charge in [-0.1, -0.05) is 12.1 Å². The minimum Gasteiger partial charge on any atom is -0.497 e. The van der Waals surface area contributed by atoms with Crippen LogP contribution < -0.4 is 10.1 Å². The summed E-state index contributed by atoms with van der Waals surface area (Å²) < 4.78 is 7.30. The third-order valence-corrected chi connectivity index (χ3v) is 3.42. The molecule has 4 heteroatoms. The number of aromatic nitrogens is 2. The lowest BCUT2D eigenvalue weighted by molar-refractivity contribution is 0.414. The lowest BCUT2D eigenvalue weighted by Crippen LogP contribution is -2.06. The van der Waals surface area contributed by atoms with E-state index in [0.717, 1.165) is 23.7 Å². The van der Waals surface area contributed by atoms with E-state index >= 15 is 0 Å². The Balaban J connectivity index is 2.14. The second-order valence-corrected chi connectivity index (χ2v) is 5.29. The molecule has 1 aromatic heterocycles. The Morgan fingerprint density at radius 2 is 2.05 bits per heavy atom. The summed E-state index contributed by atoms with van der Waals surface area (Å²) in [6, 6.07) is 8.47. The van der Waals surface area contributed by atoms with E-state index in [2.05, 4.69) is 41.9 Å². The van der Waals surface area contributed by atoms with Crippen molar-refractivity contribution in [3.63, 3.8) is 0 Å². The maximum atomic E-state index is 5.25. The number of hydrogen-bond acceptors (Lipinski definition) is 3. The van der Waals surface area contributed by atoms with Crippen LogP contribution in [0.1, 0.15) is 36.8 Å². The van der Waals surface area contributed by atoms with Gasteiger partial charge < -0.3 is 10.1 Å². The van der Waals surface area contributed by atoms with Crippen molar-refractivity contribution in [2.75, 3.05) is 12.4 Å². The third-order valence-electron chi connectivity index (χ3n) is 3.42. The van der Waals surface area contributed by atoms with Gasteiger partial charge in [0.2, 0.25) is 0 Å². The van der Waals surface area contributed by atoms with Crippen molar-refractivity contribution >= 4 is 5.69 Å². The number of benzene rings is 1. The van der Waals surface area contributed by atoms with Crippen LogP contribution in [0.25, 0.3) is 0 Å². The topological polar surface area (TPSA) is 39.1 Å². The summed E-state index contributed by atoms with van der Waals surface area (Å²) >= 11 is 0. The van der Waals surface area contributed by atoms with Crippen LogP contribution in [0.2, 0.25) is 0 Å². The molecular weight excluding hydrogens is 250 g/mol. The molecule has 1 heterocycles. The molecule has 108 valence electrons. The van der Waals surface area contributed by atoms with Crippen molar-refractivity contribution in [3.8, 4) is 5.75 Å². The van der Waals surface area contributed by atoms with E-state index in [0.29, 0.717) is 6.04 Å². The van der Waals surface area contributed by atoms with Crippen molar-refractivity contribution in [1.82, 2.24) is 9.78 Å². The highest BCUT2D eigenvalue weighted by atomic mass is 16.5. The van der Waals surface area contributed by atoms with Gasteiger partial charge in [-0.25, -0.2) is 0 Å². The second-order valence-electron chi connectivity index (χ2n) is 5.29. The normalized spacial score (nSPS) is 10.9. The van der Waals surface area contributed by atoms with E-state index < -0.39 is 0 Å². The van der Waals surface area contributed by atoms with Gasteiger partial charge >= 0.3 is 0 Å². The first-order valence-corrected chi connectivity index (χ1v) is 6.95. The van der Waals surface area contributed by atoms with Gasteiger partial charge in [-0.3, -0.25) is 4.68 Å². The zero-order chi connectivity index (χ0) is 14.7. The van der Waals surface area contributed by atoms with Crippen molar-refractivity contribution < 1.29 is 4.74 Å². The van der Waals surface area contributed by atoms with Gasteiger partial charge in [0.25, 0.3) is 0 Å². The van der Waals surface area contributed by atoms with Crippen LogP contribution in [0.15, 0.2) is 24.3 Å². The van der Waals surface area contributed by atoms with Crippen LogP contribution in [-0.4, -0.2) is 16.9 Å². The lowest BCUT2D eigenvalue weighted by atomic mass is 10.2. The molecule has 2 rings (SSSR count). The zero-order valence-corrected chi connectivity index (χ0v) is 12.9. The van der Waals surface area contributed by atoms with E-state index in [9.17, 15) is 0 Å². The van der Waals surface area contributed by atoms with E-state index in [4.69, 9.17) is 4.74 Å². The molecule has 0 atom stereocenters. The van der Waals surface area contributed by atoms with Gasteiger partial charge in [0.15, 0.2) is 0 Å². The van der Waals surface area contributed by atoms with Crippen molar-refractivity contribution in [3.05, 3.63) is 41.2 Å². The Hall–Kier alpha value is -1.97. The number of methoxy groups -OCH3 is 1. The minimum absolute atomic E-state index is 0.376. The zero-order valence-electron chi connectivity index (χ0n) is 12.9. The van der Waals surface area contributed by atoms with Crippen molar-refractivity contribution in [2.24, 2.45) is 0 Å². The van der Waals surface area contributed by atoms with Gasteiger partial charge in [-0.05, 0) is 45.4 Å². The summed E-state index contributed by atoms with van der Waals surface area (Å²) in [5.41, 5.74) is 4.54. The molecule has 1 aromatic carbocycles. The maximum Gasteiger partial charge on any atom is 0.119 e. The Bertz CT molecular complexity index is 587. The van der Waals surface area contributed by atoms with Crippen LogP contribution in [0.5, 0.6) is 5.75 Å². The fraction of sp³-hybridized carbons (Fsp3) is 0.438. The number of nitrogens with one attached hydrogen (secondary N) is 1. The molecule has 4 nitrogen and oxygen atoms in total. The molecule has 1 N–H and O–H groups in total. The molecule has 0 bridgehead atoms. The molecule has 0 radical (unpaired) electrons. The summed E-state index contributed by atoms with van der Waals surface area (Å²) in [6.45, 7) is 9.20. The summed E-state index contributed by atoms with van der Waals surface area (Å²) in [5, 5.41) is 8.07. The predicted molar refractivity (Wildman–Crippen MR) is 82.4 cm³/mol. The summed E-state index contributed by atoms with van der Waals surface area (Å²) in [6.07, 6.45) is 0. The second kappa shape index (κ2) is 5.99. The Kier molecular flexibility index (Phi) is 4.32. The van der Waals surface area contributed by atoms with Gasteiger partial charge in [0.05, 0.1) is 24.2 Å². The van der Waals surface area contributed by atoms with Gasteiger partial charge in [-0.2, -0.15) is 5.10 Å². The molecule has 0 aliphatic carbocycles.